The van der Waals surface area contributed by atoms with Crippen molar-refractivity contribution in [2.24, 2.45) is 17.8 Å². The van der Waals surface area contributed by atoms with Gasteiger partial charge in [0, 0.05) is 11.8 Å². The van der Waals surface area contributed by atoms with Gasteiger partial charge in [-0.3, -0.25) is 14.5 Å². The first-order valence-electron chi connectivity index (χ1n) is 6.04. The van der Waals surface area contributed by atoms with Crippen molar-refractivity contribution in [3.05, 3.63) is 0 Å². The maximum Gasteiger partial charge on any atom is 0.232 e. The molecule has 0 aromatic carbocycles. The van der Waals surface area contributed by atoms with E-state index in [1.807, 2.05) is 13.8 Å². The average Bonchev–Trinajstić information content (AvgIpc) is 2.67. The quantitative estimate of drug-likeness (QED) is 0.722. The van der Waals surface area contributed by atoms with E-state index in [0.717, 1.165) is 19.3 Å². The van der Waals surface area contributed by atoms with Gasteiger partial charge in [0.15, 0.2) is 0 Å². The molecular weight excluding hydrogens is 206 g/mol. The number of rotatable bonds is 3. The Labute approximate surface area is 95.6 Å². The molecule has 2 bridgehead atoms. The molecule has 1 heterocycles. The van der Waals surface area contributed by atoms with Gasteiger partial charge in [0.2, 0.25) is 11.8 Å². The predicted octanol–water partition coefficient (Wildman–Crippen LogP) is 0.788. The summed E-state index contributed by atoms with van der Waals surface area (Å²) in [5, 5.41) is 9.33. The largest absolute Gasteiger partial charge is 0.394 e. The second-order valence-corrected chi connectivity index (χ2v) is 5.25. The van der Waals surface area contributed by atoms with Crippen LogP contribution < -0.4 is 0 Å². The zero-order valence-corrected chi connectivity index (χ0v) is 9.85. The highest BCUT2D eigenvalue weighted by Gasteiger charge is 2.47. The van der Waals surface area contributed by atoms with Crippen molar-refractivity contribution in [1.82, 2.24) is 4.90 Å². The van der Waals surface area contributed by atoms with Gasteiger partial charge in [0.05, 0.1) is 12.6 Å². The summed E-state index contributed by atoms with van der Waals surface area (Å²) in [5.41, 5.74) is 0. The van der Waals surface area contributed by atoms with Crippen LogP contribution in [0, 0.1) is 17.8 Å². The Kier molecular flexibility index (Phi) is 3.02. The Morgan fingerprint density at radius 3 is 2.12 bits per heavy atom. The Morgan fingerprint density at radius 2 is 1.75 bits per heavy atom. The van der Waals surface area contributed by atoms with E-state index in [1.54, 1.807) is 0 Å². The van der Waals surface area contributed by atoms with Crippen LogP contribution in [0.25, 0.3) is 0 Å². The number of carbonyl (C=O) groups is 2. The maximum absolute atomic E-state index is 12.1. The van der Waals surface area contributed by atoms with E-state index in [-0.39, 0.29) is 42.2 Å². The van der Waals surface area contributed by atoms with E-state index in [0.29, 0.717) is 0 Å². The molecule has 1 N–H and O–H groups in total. The van der Waals surface area contributed by atoms with Crippen molar-refractivity contribution < 1.29 is 14.7 Å². The molecule has 0 aromatic heterocycles. The highest BCUT2D eigenvalue weighted by Crippen LogP contribution is 2.39. The van der Waals surface area contributed by atoms with Gasteiger partial charge in [-0.1, -0.05) is 13.8 Å². The van der Waals surface area contributed by atoms with E-state index < -0.39 is 0 Å². The Morgan fingerprint density at radius 1 is 1.25 bits per heavy atom. The zero-order chi connectivity index (χ0) is 11.9. The van der Waals surface area contributed by atoms with Gasteiger partial charge < -0.3 is 5.11 Å². The minimum atomic E-state index is -0.344. The van der Waals surface area contributed by atoms with Crippen LogP contribution in [0.5, 0.6) is 0 Å². The third-order valence-corrected chi connectivity index (χ3v) is 3.89. The van der Waals surface area contributed by atoms with Crippen molar-refractivity contribution in [1.29, 1.82) is 0 Å². The minimum absolute atomic E-state index is 0.0236. The number of hydrogen-bond acceptors (Lipinski definition) is 3. The molecule has 4 nitrogen and oxygen atoms in total. The minimum Gasteiger partial charge on any atom is -0.394 e. The molecule has 1 saturated heterocycles. The number of imide groups is 1. The van der Waals surface area contributed by atoms with Gasteiger partial charge in [-0.25, -0.2) is 0 Å². The number of carbonyl (C=O) groups excluding carboxylic acids is 2. The number of aliphatic hydroxyl groups excluding tert-OH is 1. The number of fused-ring (bicyclic) bond motifs is 2. The fourth-order valence-corrected chi connectivity index (χ4v) is 2.85. The third kappa shape index (κ3) is 1.65. The number of nitrogens with zero attached hydrogens (tertiary/aromatic N) is 1. The van der Waals surface area contributed by atoms with Crippen LogP contribution in [-0.2, 0) is 9.59 Å². The number of likely N-dealkylation sites (tertiary alicyclic amines) is 1. The van der Waals surface area contributed by atoms with Gasteiger partial charge in [-0.2, -0.15) is 0 Å². The van der Waals surface area contributed by atoms with E-state index in [4.69, 9.17) is 0 Å². The summed E-state index contributed by atoms with van der Waals surface area (Å²) in [5.74, 6) is 0.0272. The van der Waals surface area contributed by atoms with E-state index >= 15 is 0 Å². The fraction of sp³-hybridized carbons (Fsp3) is 0.833. The summed E-state index contributed by atoms with van der Waals surface area (Å²) < 4.78 is 0. The SMILES string of the molecule is CC(C)[C@H](CO)N1C(=O)C2CCC(C2)C1=O. The van der Waals surface area contributed by atoms with Crippen LogP contribution in [0.1, 0.15) is 33.1 Å². The molecule has 1 aliphatic carbocycles. The number of aliphatic hydroxyl groups is 1. The Hall–Kier alpha value is -0.900. The molecule has 2 fully saturated rings. The number of amides is 2. The van der Waals surface area contributed by atoms with Gasteiger partial charge >= 0.3 is 0 Å². The average molecular weight is 225 g/mol. The molecule has 0 aromatic rings. The fourth-order valence-electron chi connectivity index (χ4n) is 2.85. The lowest BCUT2D eigenvalue weighted by molar-refractivity contribution is -0.158. The highest BCUT2D eigenvalue weighted by atomic mass is 16.3. The third-order valence-electron chi connectivity index (χ3n) is 3.89. The molecule has 90 valence electrons. The summed E-state index contributed by atoms with van der Waals surface area (Å²) in [6, 6.07) is -0.344. The van der Waals surface area contributed by atoms with Crippen LogP contribution >= 0.6 is 0 Å². The molecule has 1 aliphatic heterocycles. The van der Waals surface area contributed by atoms with Gasteiger partial charge in [0.25, 0.3) is 0 Å². The Bertz CT molecular complexity index is 291. The van der Waals surface area contributed by atoms with E-state index in [9.17, 15) is 14.7 Å². The molecule has 0 spiro atoms. The first kappa shape index (κ1) is 11.6. The predicted molar refractivity (Wildman–Crippen MR) is 58.4 cm³/mol. The molecule has 2 aliphatic rings. The molecular formula is C12H19NO3. The van der Waals surface area contributed by atoms with Crippen molar-refractivity contribution in [3.63, 3.8) is 0 Å². The first-order chi connectivity index (χ1) is 7.56. The molecule has 2 amide bonds. The summed E-state index contributed by atoms with van der Waals surface area (Å²) in [7, 11) is 0. The molecule has 16 heavy (non-hydrogen) atoms. The van der Waals surface area contributed by atoms with Crippen LogP contribution in [0.2, 0.25) is 0 Å². The lowest BCUT2D eigenvalue weighted by Gasteiger charge is -2.37. The Balaban J connectivity index is 2.25. The lowest BCUT2D eigenvalue weighted by atomic mass is 9.92. The molecule has 2 unspecified atom stereocenters. The smallest absolute Gasteiger partial charge is 0.232 e. The lowest BCUT2D eigenvalue weighted by Crippen LogP contribution is -2.54. The maximum atomic E-state index is 12.1. The highest BCUT2D eigenvalue weighted by molar-refractivity contribution is 6.01. The summed E-state index contributed by atoms with van der Waals surface area (Å²) in [4.78, 5) is 25.5. The normalized spacial score (nSPS) is 31.4. The van der Waals surface area contributed by atoms with Crippen LogP contribution in [-0.4, -0.2) is 34.5 Å². The van der Waals surface area contributed by atoms with Crippen LogP contribution in [0.3, 0.4) is 0 Å². The molecule has 0 radical (unpaired) electrons. The second kappa shape index (κ2) is 4.17. The van der Waals surface area contributed by atoms with Crippen LogP contribution in [0.15, 0.2) is 0 Å². The van der Waals surface area contributed by atoms with Crippen molar-refractivity contribution >= 4 is 11.8 Å². The molecule has 1 saturated carbocycles. The molecule has 2 rings (SSSR count). The summed E-state index contributed by atoms with van der Waals surface area (Å²) in [6.07, 6.45) is 2.40. The van der Waals surface area contributed by atoms with Crippen molar-refractivity contribution in [2.45, 2.75) is 39.2 Å². The van der Waals surface area contributed by atoms with Gasteiger partial charge in [-0.15, -0.1) is 0 Å². The van der Waals surface area contributed by atoms with Crippen molar-refractivity contribution in [3.8, 4) is 0 Å². The molecule has 3 atom stereocenters. The van der Waals surface area contributed by atoms with Gasteiger partial charge in [-0.05, 0) is 25.2 Å². The monoisotopic (exact) mass is 225 g/mol. The standard InChI is InChI=1S/C12H19NO3/c1-7(2)10(6-14)13-11(15)8-3-4-9(5-8)12(13)16/h7-10,14H,3-6H2,1-2H3/t8?,9?,10-/m0/s1. The zero-order valence-electron chi connectivity index (χ0n) is 9.85. The number of piperidine rings is 1. The van der Waals surface area contributed by atoms with E-state index in [2.05, 4.69) is 0 Å². The molecule has 4 heteroatoms. The first-order valence-corrected chi connectivity index (χ1v) is 6.04. The van der Waals surface area contributed by atoms with Gasteiger partial charge in [0.1, 0.15) is 0 Å². The van der Waals surface area contributed by atoms with E-state index in [1.165, 1.54) is 4.90 Å². The summed E-state index contributed by atoms with van der Waals surface area (Å²) >= 11 is 0. The number of hydrogen-bond donors (Lipinski definition) is 1. The van der Waals surface area contributed by atoms with Crippen molar-refractivity contribution in [2.75, 3.05) is 6.61 Å². The van der Waals surface area contributed by atoms with Crippen LogP contribution in [0.4, 0.5) is 0 Å². The summed E-state index contributed by atoms with van der Waals surface area (Å²) in [6.45, 7) is 3.73. The second-order valence-electron chi connectivity index (χ2n) is 5.25. The topological polar surface area (TPSA) is 57.6 Å².